The molecule has 2 aliphatic rings. The standard InChI is InChI=1S/C18H28N2O4S2/c1-15-3-4-16(2)18(13-15)26(23,24)12-10-19-6-8-20(9-7-19)17-5-11-25(21,22)14-17/h3-4,13,17H,5-12,14H2,1-2H3/t17-/m0/s1. The van der Waals surface area contributed by atoms with E-state index in [4.69, 9.17) is 0 Å². The molecule has 2 fully saturated rings. The van der Waals surface area contributed by atoms with Crippen molar-refractivity contribution in [3.05, 3.63) is 29.3 Å². The average molecular weight is 401 g/mol. The highest BCUT2D eigenvalue weighted by molar-refractivity contribution is 7.91. The van der Waals surface area contributed by atoms with Gasteiger partial charge in [-0.2, -0.15) is 0 Å². The summed E-state index contributed by atoms with van der Waals surface area (Å²) in [5.41, 5.74) is 1.75. The maximum atomic E-state index is 12.7. The van der Waals surface area contributed by atoms with E-state index in [0.717, 1.165) is 43.7 Å². The van der Waals surface area contributed by atoms with E-state index in [0.29, 0.717) is 17.2 Å². The molecule has 146 valence electrons. The summed E-state index contributed by atoms with van der Waals surface area (Å²) in [4.78, 5) is 4.86. The zero-order chi connectivity index (χ0) is 18.9. The Bertz CT molecular complexity index is 857. The fraction of sp³-hybridized carbons (Fsp3) is 0.667. The molecule has 2 heterocycles. The van der Waals surface area contributed by atoms with E-state index in [9.17, 15) is 16.8 Å². The molecule has 0 unspecified atom stereocenters. The summed E-state index contributed by atoms with van der Waals surface area (Å²) in [6.07, 6.45) is 0.726. The molecule has 0 bridgehead atoms. The van der Waals surface area contributed by atoms with E-state index in [-0.39, 0.29) is 17.5 Å². The first-order valence-electron chi connectivity index (χ1n) is 9.13. The van der Waals surface area contributed by atoms with E-state index in [1.807, 2.05) is 26.0 Å². The van der Waals surface area contributed by atoms with Gasteiger partial charge in [-0.1, -0.05) is 12.1 Å². The van der Waals surface area contributed by atoms with Gasteiger partial charge in [-0.15, -0.1) is 0 Å². The Balaban J connectivity index is 1.53. The van der Waals surface area contributed by atoms with Gasteiger partial charge in [0.05, 0.1) is 22.2 Å². The third kappa shape index (κ3) is 4.65. The summed E-state index contributed by atoms with van der Waals surface area (Å²) in [5, 5.41) is 0. The van der Waals surface area contributed by atoms with Gasteiger partial charge in [0.1, 0.15) is 0 Å². The van der Waals surface area contributed by atoms with Crippen molar-refractivity contribution in [3.63, 3.8) is 0 Å². The molecule has 0 amide bonds. The average Bonchev–Trinajstić information content (AvgIpc) is 2.95. The molecule has 26 heavy (non-hydrogen) atoms. The van der Waals surface area contributed by atoms with Gasteiger partial charge in [0.2, 0.25) is 0 Å². The van der Waals surface area contributed by atoms with E-state index >= 15 is 0 Å². The molecule has 1 atom stereocenters. The number of hydrogen-bond acceptors (Lipinski definition) is 6. The number of rotatable bonds is 5. The molecular weight excluding hydrogens is 372 g/mol. The Labute approximate surface area is 157 Å². The number of nitrogens with zero attached hydrogens (tertiary/aromatic N) is 2. The normalized spacial score (nSPS) is 24.8. The maximum Gasteiger partial charge on any atom is 0.179 e. The van der Waals surface area contributed by atoms with Gasteiger partial charge in [0, 0.05) is 38.8 Å². The maximum absolute atomic E-state index is 12.7. The van der Waals surface area contributed by atoms with Gasteiger partial charge < -0.3 is 0 Å². The summed E-state index contributed by atoms with van der Waals surface area (Å²) < 4.78 is 48.7. The molecule has 2 saturated heterocycles. The van der Waals surface area contributed by atoms with E-state index in [1.54, 1.807) is 6.07 Å². The second-order valence-corrected chi connectivity index (χ2v) is 11.8. The molecule has 1 aromatic carbocycles. The summed E-state index contributed by atoms with van der Waals surface area (Å²) >= 11 is 0. The van der Waals surface area contributed by atoms with Crippen molar-refractivity contribution in [1.29, 1.82) is 0 Å². The van der Waals surface area contributed by atoms with Crippen LogP contribution in [-0.2, 0) is 19.7 Å². The van der Waals surface area contributed by atoms with Crippen molar-refractivity contribution < 1.29 is 16.8 Å². The molecule has 0 N–H and O–H groups in total. The van der Waals surface area contributed by atoms with Crippen LogP contribution in [0.1, 0.15) is 17.5 Å². The van der Waals surface area contributed by atoms with Crippen molar-refractivity contribution in [2.75, 3.05) is 50.0 Å². The van der Waals surface area contributed by atoms with Crippen molar-refractivity contribution in [1.82, 2.24) is 9.80 Å². The van der Waals surface area contributed by atoms with Crippen LogP contribution < -0.4 is 0 Å². The predicted octanol–water partition coefficient (Wildman–Crippen LogP) is 0.882. The molecule has 6 nitrogen and oxygen atoms in total. The molecular formula is C18H28N2O4S2. The first-order chi connectivity index (χ1) is 12.2. The lowest BCUT2D eigenvalue weighted by atomic mass is 10.2. The second kappa shape index (κ2) is 7.58. The summed E-state index contributed by atoms with van der Waals surface area (Å²) in [6, 6.07) is 5.68. The smallest absolute Gasteiger partial charge is 0.179 e. The first-order valence-corrected chi connectivity index (χ1v) is 12.6. The van der Waals surface area contributed by atoms with Crippen LogP contribution in [0, 0.1) is 13.8 Å². The molecule has 1 aromatic rings. The van der Waals surface area contributed by atoms with Crippen LogP contribution in [0.2, 0.25) is 0 Å². The van der Waals surface area contributed by atoms with Gasteiger partial charge in [0.25, 0.3) is 0 Å². The van der Waals surface area contributed by atoms with Crippen LogP contribution in [0.5, 0.6) is 0 Å². The fourth-order valence-electron chi connectivity index (χ4n) is 3.82. The van der Waals surface area contributed by atoms with Crippen molar-refractivity contribution in [2.24, 2.45) is 0 Å². The molecule has 8 heteroatoms. The lowest BCUT2D eigenvalue weighted by Gasteiger charge is -2.37. The molecule has 2 aliphatic heterocycles. The third-order valence-corrected chi connectivity index (χ3v) is 9.07. The predicted molar refractivity (Wildman–Crippen MR) is 103 cm³/mol. The van der Waals surface area contributed by atoms with Crippen molar-refractivity contribution in [2.45, 2.75) is 31.2 Å². The molecule has 0 aliphatic carbocycles. The fourth-order valence-corrected chi connectivity index (χ4v) is 7.22. The lowest BCUT2D eigenvalue weighted by Crippen LogP contribution is -2.51. The Morgan fingerprint density at radius 2 is 1.81 bits per heavy atom. The minimum Gasteiger partial charge on any atom is -0.300 e. The third-order valence-electron chi connectivity index (χ3n) is 5.49. The highest BCUT2D eigenvalue weighted by atomic mass is 32.2. The van der Waals surface area contributed by atoms with Crippen LogP contribution in [0.4, 0.5) is 0 Å². The zero-order valence-corrected chi connectivity index (χ0v) is 17.2. The number of piperazine rings is 1. The van der Waals surface area contributed by atoms with Gasteiger partial charge in [0.15, 0.2) is 19.7 Å². The summed E-state index contributed by atoms with van der Waals surface area (Å²) in [7, 11) is -6.15. The van der Waals surface area contributed by atoms with Gasteiger partial charge in [-0.25, -0.2) is 16.8 Å². The summed E-state index contributed by atoms with van der Waals surface area (Å²) in [5.74, 6) is 0.690. The van der Waals surface area contributed by atoms with E-state index < -0.39 is 19.7 Å². The number of benzene rings is 1. The van der Waals surface area contributed by atoms with Crippen molar-refractivity contribution >= 4 is 19.7 Å². The highest BCUT2D eigenvalue weighted by Gasteiger charge is 2.33. The van der Waals surface area contributed by atoms with Crippen LogP contribution in [0.3, 0.4) is 0 Å². The minimum absolute atomic E-state index is 0.120. The second-order valence-electron chi connectivity index (χ2n) is 7.52. The number of sulfone groups is 2. The Morgan fingerprint density at radius 1 is 1.12 bits per heavy atom. The molecule has 0 saturated carbocycles. The van der Waals surface area contributed by atoms with Gasteiger partial charge in [-0.05, 0) is 37.5 Å². The summed E-state index contributed by atoms with van der Waals surface area (Å²) in [6.45, 7) is 7.46. The molecule has 3 rings (SSSR count). The van der Waals surface area contributed by atoms with Gasteiger partial charge >= 0.3 is 0 Å². The number of hydrogen-bond donors (Lipinski definition) is 0. The highest BCUT2D eigenvalue weighted by Crippen LogP contribution is 2.21. The molecule has 0 spiro atoms. The lowest BCUT2D eigenvalue weighted by molar-refractivity contribution is 0.109. The monoisotopic (exact) mass is 400 g/mol. The van der Waals surface area contributed by atoms with E-state index in [1.165, 1.54) is 0 Å². The van der Waals surface area contributed by atoms with E-state index in [2.05, 4.69) is 9.80 Å². The van der Waals surface area contributed by atoms with Gasteiger partial charge in [-0.3, -0.25) is 9.80 Å². The van der Waals surface area contributed by atoms with Crippen LogP contribution in [-0.4, -0.2) is 82.7 Å². The number of aryl methyl sites for hydroxylation is 2. The Kier molecular flexibility index (Phi) is 5.77. The SMILES string of the molecule is Cc1ccc(C)c(S(=O)(=O)CCN2CCN([C@H]3CCS(=O)(=O)C3)CC2)c1. The van der Waals surface area contributed by atoms with Crippen LogP contribution in [0.15, 0.2) is 23.1 Å². The molecule has 0 aromatic heterocycles. The first kappa shape index (κ1) is 19.8. The minimum atomic E-state index is -3.29. The van der Waals surface area contributed by atoms with Crippen LogP contribution in [0.25, 0.3) is 0 Å². The van der Waals surface area contributed by atoms with Crippen LogP contribution >= 0.6 is 0 Å². The largest absolute Gasteiger partial charge is 0.300 e. The van der Waals surface area contributed by atoms with Crippen molar-refractivity contribution in [3.8, 4) is 0 Å². The Morgan fingerprint density at radius 3 is 2.42 bits per heavy atom. The topological polar surface area (TPSA) is 74.8 Å². The molecule has 0 radical (unpaired) electrons. The zero-order valence-electron chi connectivity index (χ0n) is 15.5. The quantitative estimate of drug-likeness (QED) is 0.731. The Hall–Kier alpha value is -0.960.